The van der Waals surface area contributed by atoms with Crippen molar-refractivity contribution in [2.24, 2.45) is 0 Å². The van der Waals surface area contributed by atoms with Crippen molar-refractivity contribution in [3.63, 3.8) is 0 Å². The summed E-state index contributed by atoms with van der Waals surface area (Å²) in [5.41, 5.74) is 1.34. The zero-order valence-corrected chi connectivity index (χ0v) is 14.5. The molecule has 1 N–H and O–H groups in total. The summed E-state index contributed by atoms with van der Waals surface area (Å²) in [5.74, 6) is 0.739. The van der Waals surface area contributed by atoms with E-state index in [2.05, 4.69) is 10.3 Å². The Labute approximate surface area is 141 Å². The summed E-state index contributed by atoms with van der Waals surface area (Å²) >= 11 is 5.86. The molecule has 0 saturated heterocycles. The van der Waals surface area contributed by atoms with Gasteiger partial charge in [0.25, 0.3) is 0 Å². The molecular weight excluding hydrogens is 316 g/mol. The van der Waals surface area contributed by atoms with E-state index in [4.69, 9.17) is 21.1 Å². The van der Waals surface area contributed by atoms with Crippen molar-refractivity contribution in [1.82, 2.24) is 4.98 Å². The molecule has 0 aliphatic heterocycles. The topological polar surface area (TPSA) is 60.5 Å². The maximum Gasteiger partial charge on any atom is 0.341 e. The number of rotatable bonds is 5. The van der Waals surface area contributed by atoms with Crippen LogP contribution in [0.5, 0.6) is 5.75 Å². The van der Waals surface area contributed by atoms with Gasteiger partial charge in [-0.1, -0.05) is 37.6 Å². The van der Waals surface area contributed by atoms with Crippen LogP contribution in [0.3, 0.4) is 0 Å². The van der Waals surface area contributed by atoms with Crippen LogP contribution in [0.1, 0.15) is 29.8 Å². The first-order chi connectivity index (χ1) is 11.1. The summed E-state index contributed by atoms with van der Waals surface area (Å²) in [6.07, 6.45) is 1.48. The Morgan fingerprint density at radius 1 is 1.22 bits per heavy atom. The van der Waals surface area contributed by atoms with Crippen molar-refractivity contribution < 1.29 is 14.3 Å². The molecule has 1 heterocycles. The number of hydrogen-bond donors (Lipinski definition) is 1. The molecule has 1 aromatic heterocycles. The van der Waals surface area contributed by atoms with Gasteiger partial charge in [-0.3, -0.25) is 0 Å². The summed E-state index contributed by atoms with van der Waals surface area (Å²) in [6.45, 7) is 4.52. The molecule has 1 aromatic carbocycles. The number of esters is 1. The van der Waals surface area contributed by atoms with E-state index in [0.29, 0.717) is 22.9 Å². The normalized spacial score (nSPS) is 9.43. The first kappa shape index (κ1) is 18.8. The van der Waals surface area contributed by atoms with Crippen molar-refractivity contribution >= 4 is 23.4 Å². The number of nitrogens with one attached hydrogen (secondary N) is 1. The Bertz CT molecular complexity index is 630. The number of ether oxygens (including phenoxy) is 2. The number of benzene rings is 1. The van der Waals surface area contributed by atoms with Gasteiger partial charge in [-0.15, -0.1) is 0 Å². The Kier molecular flexibility index (Phi) is 7.91. The zero-order valence-electron chi connectivity index (χ0n) is 13.7. The highest BCUT2D eigenvalue weighted by Gasteiger charge is 2.13. The van der Waals surface area contributed by atoms with Gasteiger partial charge in [0.15, 0.2) is 0 Å². The van der Waals surface area contributed by atoms with Crippen molar-refractivity contribution in [1.29, 1.82) is 0 Å². The van der Waals surface area contributed by atoms with Gasteiger partial charge in [0, 0.05) is 12.7 Å². The molecule has 0 radical (unpaired) electrons. The summed E-state index contributed by atoms with van der Waals surface area (Å²) in [4.78, 5) is 15.8. The first-order valence-electron chi connectivity index (χ1n) is 7.24. The quantitative estimate of drug-likeness (QED) is 0.830. The van der Waals surface area contributed by atoms with Crippen molar-refractivity contribution in [3.8, 4) is 5.75 Å². The van der Waals surface area contributed by atoms with Crippen molar-refractivity contribution in [2.75, 3.05) is 19.5 Å². The largest absolute Gasteiger partial charge is 0.497 e. The van der Waals surface area contributed by atoms with Crippen LogP contribution in [0.25, 0.3) is 0 Å². The Morgan fingerprint density at radius 2 is 1.87 bits per heavy atom. The van der Waals surface area contributed by atoms with E-state index >= 15 is 0 Å². The number of carbonyl (C=O) groups is 1. The molecule has 124 valence electrons. The summed E-state index contributed by atoms with van der Waals surface area (Å²) in [6, 6.07) is 9.12. The highest BCUT2D eigenvalue weighted by atomic mass is 35.5. The lowest BCUT2D eigenvalue weighted by atomic mass is 10.2. The van der Waals surface area contributed by atoms with Crippen LogP contribution >= 0.6 is 11.6 Å². The van der Waals surface area contributed by atoms with Crippen LogP contribution in [-0.4, -0.2) is 25.2 Å². The average Bonchev–Trinajstić information content (AvgIpc) is 2.62. The number of carbonyl (C=O) groups excluding carboxylic acids is 1. The van der Waals surface area contributed by atoms with Crippen LogP contribution in [0.2, 0.25) is 5.02 Å². The number of halogens is 1. The molecule has 0 saturated carbocycles. The van der Waals surface area contributed by atoms with Gasteiger partial charge in [0.05, 0.1) is 19.2 Å². The summed E-state index contributed by atoms with van der Waals surface area (Å²) in [5, 5.41) is 3.48. The molecular formula is C17H21ClN2O3. The number of aromatic nitrogens is 1. The molecule has 0 atom stereocenters. The monoisotopic (exact) mass is 336 g/mol. The Morgan fingerprint density at radius 3 is 2.43 bits per heavy atom. The van der Waals surface area contributed by atoms with Gasteiger partial charge in [-0.25, -0.2) is 9.78 Å². The molecule has 23 heavy (non-hydrogen) atoms. The Balaban J connectivity index is 0.00000127. The fourth-order valence-corrected chi connectivity index (χ4v) is 1.93. The summed E-state index contributed by atoms with van der Waals surface area (Å²) in [7, 11) is 2.93. The number of anilines is 1. The predicted molar refractivity (Wildman–Crippen MR) is 92.3 cm³/mol. The highest BCUT2D eigenvalue weighted by Crippen LogP contribution is 2.19. The number of pyridine rings is 1. The lowest BCUT2D eigenvalue weighted by Crippen LogP contribution is -2.10. The maximum absolute atomic E-state index is 11.7. The minimum atomic E-state index is -0.484. The van der Waals surface area contributed by atoms with E-state index in [1.807, 2.05) is 38.1 Å². The van der Waals surface area contributed by atoms with E-state index < -0.39 is 5.97 Å². The van der Waals surface area contributed by atoms with Gasteiger partial charge in [0.2, 0.25) is 0 Å². The lowest BCUT2D eigenvalue weighted by molar-refractivity contribution is 0.0601. The molecule has 0 unspecified atom stereocenters. The van der Waals surface area contributed by atoms with E-state index in [-0.39, 0.29) is 0 Å². The third kappa shape index (κ3) is 5.45. The second-order valence-corrected chi connectivity index (χ2v) is 4.68. The minimum Gasteiger partial charge on any atom is -0.497 e. The van der Waals surface area contributed by atoms with Crippen LogP contribution in [-0.2, 0) is 11.3 Å². The molecule has 0 amide bonds. The van der Waals surface area contributed by atoms with E-state index in [1.165, 1.54) is 19.4 Å². The number of nitrogens with zero attached hydrogens (tertiary/aromatic N) is 1. The average molecular weight is 337 g/mol. The van der Waals surface area contributed by atoms with Gasteiger partial charge in [0.1, 0.15) is 17.1 Å². The maximum atomic E-state index is 11.7. The van der Waals surface area contributed by atoms with E-state index in [1.54, 1.807) is 7.11 Å². The second kappa shape index (κ2) is 9.69. The van der Waals surface area contributed by atoms with Gasteiger partial charge in [-0.05, 0) is 23.8 Å². The van der Waals surface area contributed by atoms with E-state index in [9.17, 15) is 4.79 Å². The molecule has 5 nitrogen and oxygen atoms in total. The predicted octanol–water partition coefficient (Wildman–Crippen LogP) is 4.17. The van der Waals surface area contributed by atoms with E-state index in [0.717, 1.165) is 11.3 Å². The smallest absolute Gasteiger partial charge is 0.341 e. The standard InChI is InChI=1S/C15H15ClN2O3.C2H6/c1-20-12-5-3-10(4-6-12)8-17-14-13(15(19)21-2)7-11(16)9-18-14;1-2/h3-7,9H,8H2,1-2H3,(H,17,18);1-2H3. The van der Waals surface area contributed by atoms with Crippen LogP contribution < -0.4 is 10.1 Å². The third-order valence-corrected chi connectivity index (χ3v) is 3.09. The van der Waals surface area contributed by atoms with Gasteiger partial charge < -0.3 is 14.8 Å². The summed E-state index contributed by atoms with van der Waals surface area (Å²) < 4.78 is 9.82. The van der Waals surface area contributed by atoms with Gasteiger partial charge >= 0.3 is 5.97 Å². The zero-order chi connectivity index (χ0) is 17.2. The molecule has 0 aliphatic carbocycles. The minimum absolute atomic E-state index is 0.304. The Hall–Kier alpha value is -2.27. The number of methoxy groups -OCH3 is 2. The molecule has 2 aromatic rings. The van der Waals surface area contributed by atoms with Crippen LogP contribution in [0, 0.1) is 0 Å². The molecule has 0 aliphatic rings. The SMILES string of the molecule is CC.COC(=O)c1cc(Cl)cnc1NCc1ccc(OC)cc1. The van der Waals surface area contributed by atoms with Crippen molar-refractivity contribution in [2.45, 2.75) is 20.4 Å². The fraction of sp³-hybridized carbons (Fsp3) is 0.294. The van der Waals surface area contributed by atoms with Gasteiger partial charge in [-0.2, -0.15) is 0 Å². The fourth-order valence-electron chi connectivity index (χ4n) is 1.77. The lowest BCUT2D eigenvalue weighted by Gasteiger charge is -2.10. The van der Waals surface area contributed by atoms with Crippen LogP contribution in [0.4, 0.5) is 5.82 Å². The molecule has 2 rings (SSSR count). The van der Waals surface area contributed by atoms with Crippen molar-refractivity contribution in [3.05, 3.63) is 52.7 Å². The highest BCUT2D eigenvalue weighted by molar-refractivity contribution is 6.30. The first-order valence-corrected chi connectivity index (χ1v) is 7.62. The second-order valence-electron chi connectivity index (χ2n) is 4.24. The molecule has 0 bridgehead atoms. The molecule has 0 fully saturated rings. The third-order valence-electron chi connectivity index (χ3n) is 2.88. The molecule has 6 heteroatoms. The number of hydrogen-bond acceptors (Lipinski definition) is 5. The van der Waals surface area contributed by atoms with Crippen LogP contribution in [0.15, 0.2) is 36.5 Å². The molecule has 0 spiro atoms.